The Kier molecular flexibility index (Phi) is 9.89. The minimum atomic E-state index is -0.893. The first-order valence-corrected chi connectivity index (χ1v) is 15.6. The van der Waals surface area contributed by atoms with Gasteiger partial charge >= 0.3 is 12.1 Å². The second kappa shape index (κ2) is 14.4. The van der Waals surface area contributed by atoms with Crippen molar-refractivity contribution in [3.8, 4) is 11.5 Å². The molecule has 0 saturated carbocycles. The highest BCUT2D eigenvalue weighted by molar-refractivity contribution is 5.82. The zero-order valence-corrected chi connectivity index (χ0v) is 27.1. The van der Waals surface area contributed by atoms with Crippen molar-refractivity contribution in [3.63, 3.8) is 0 Å². The number of carbonyl (C=O) groups excluding carboxylic acids is 2. The predicted molar refractivity (Wildman–Crippen MR) is 170 cm³/mol. The highest BCUT2D eigenvalue weighted by Crippen LogP contribution is 2.44. The number of methoxy groups -OCH3 is 1. The summed E-state index contributed by atoms with van der Waals surface area (Å²) >= 11 is 0. The summed E-state index contributed by atoms with van der Waals surface area (Å²) in [4.78, 5) is 37.3. The smallest absolute Gasteiger partial charge is 0.407 e. The van der Waals surface area contributed by atoms with E-state index < -0.39 is 42.4 Å². The number of rotatable bonds is 13. The molecule has 1 amide bonds. The zero-order valence-electron chi connectivity index (χ0n) is 27.1. The zero-order chi connectivity index (χ0) is 33.7. The van der Waals surface area contributed by atoms with Gasteiger partial charge in [-0.15, -0.1) is 0 Å². The van der Waals surface area contributed by atoms with Gasteiger partial charge < -0.3 is 43.8 Å². The Morgan fingerprint density at radius 1 is 0.938 bits per heavy atom. The van der Waals surface area contributed by atoms with E-state index in [9.17, 15) is 9.59 Å². The van der Waals surface area contributed by atoms with Crippen LogP contribution in [0.5, 0.6) is 11.5 Å². The van der Waals surface area contributed by atoms with Crippen LogP contribution in [0.25, 0.3) is 11.2 Å². The van der Waals surface area contributed by atoms with Crippen LogP contribution in [-0.4, -0.2) is 82.5 Å². The van der Waals surface area contributed by atoms with Crippen LogP contribution < -0.4 is 20.1 Å². The van der Waals surface area contributed by atoms with Gasteiger partial charge in [0, 0.05) is 6.54 Å². The Morgan fingerprint density at radius 2 is 1.67 bits per heavy atom. The fourth-order valence-electron chi connectivity index (χ4n) is 5.53. The number of fused-ring (bicyclic) bond motifs is 2. The molecule has 6 rings (SSSR count). The van der Waals surface area contributed by atoms with Crippen molar-refractivity contribution in [1.29, 1.82) is 0 Å². The van der Waals surface area contributed by atoms with Crippen LogP contribution >= 0.6 is 0 Å². The summed E-state index contributed by atoms with van der Waals surface area (Å²) in [5.74, 6) is 0.659. The Labute approximate surface area is 276 Å². The molecule has 0 radical (unpaired) electrons. The molecule has 2 saturated heterocycles. The maximum atomic E-state index is 12.2. The fraction of sp³-hybridized carbons (Fsp3) is 0.424. The van der Waals surface area contributed by atoms with Crippen molar-refractivity contribution in [2.24, 2.45) is 0 Å². The van der Waals surface area contributed by atoms with Crippen molar-refractivity contribution in [3.05, 3.63) is 72.3 Å². The van der Waals surface area contributed by atoms with E-state index in [1.54, 1.807) is 24.9 Å². The summed E-state index contributed by atoms with van der Waals surface area (Å²) in [6.45, 7) is 6.01. The molecule has 254 valence electrons. The third kappa shape index (κ3) is 7.59. The van der Waals surface area contributed by atoms with Gasteiger partial charge in [0.1, 0.15) is 55.9 Å². The quantitative estimate of drug-likeness (QED) is 0.199. The van der Waals surface area contributed by atoms with Gasteiger partial charge in [-0.2, -0.15) is 0 Å². The van der Waals surface area contributed by atoms with Gasteiger partial charge in [-0.25, -0.2) is 19.7 Å². The lowest BCUT2D eigenvalue weighted by atomic mass is 10.1. The molecule has 4 atom stereocenters. The molecular weight excluding hydrogens is 624 g/mol. The van der Waals surface area contributed by atoms with E-state index in [1.807, 2.05) is 62.4 Å². The maximum Gasteiger partial charge on any atom is 0.407 e. The Bertz CT molecular complexity index is 1710. The molecule has 4 heterocycles. The van der Waals surface area contributed by atoms with E-state index in [4.69, 9.17) is 33.2 Å². The Morgan fingerprint density at radius 3 is 2.42 bits per heavy atom. The molecule has 2 N–H and O–H groups in total. The van der Waals surface area contributed by atoms with Crippen LogP contribution in [0.15, 0.2) is 61.2 Å². The molecule has 2 fully saturated rings. The van der Waals surface area contributed by atoms with Gasteiger partial charge in [0.15, 0.2) is 29.0 Å². The number of carbonyl (C=O) groups is 2. The fourth-order valence-corrected chi connectivity index (χ4v) is 5.53. The molecule has 2 aromatic carbocycles. The average molecular weight is 663 g/mol. The largest absolute Gasteiger partial charge is 0.497 e. The number of hydrogen-bond acceptors (Lipinski definition) is 13. The molecule has 0 aliphatic carbocycles. The van der Waals surface area contributed by atoms with E-state index in [0.29, 0.717) is 30.1 Å². The minimum Gasteiger partial charge on any atom is -0.497 e. The van der Waals surface area contributed by atoms with E-state index in [-0.39, 0.29) is 19.8 Å². The monoisotopic (exact) mass is 662 g/mol. The number of nitrogens with zero attached hydrogens (tertiary/aromatic N) is 4. The van der Waals surface area contributed by atoms with Crippen LogP contribution in [0.3, 0.4) is 0 Å². The average Bonchev–Trinajstić information content (AvgIpc) is 3.76. The summed E-state index contributed by atoms with van der Waals surface area (Å²) in [5.41, 5.74) is 3.14. The second-order valence-electron chi connectivity index (χ2n) is 11.6. The van der Waals surface area contributed by atoms with E-state index in [2.05, 4.69) is 25.6 Å². The van der Waals surface area contributed by atoms with Crippen molar-refractivity contribution < 1.29 is 42.7 Å². The van der Waals surface area contributed by atoms with E-state index in [1.165, 1.54) is 6.33 Å². The number of benzene rings is 2. The number of alkyl carbamates (subject to hydrolysis) is 1. The van der Waals surface area contributed by atoms with Crippen LogP contribution in [0.2, 0.25) is 0 Å². The van der Waals surface area contributed by atoms with Crippen LogP contribution in [0, 0.1) is 0 Å². The molecule has 2 aliphatic rings. The van der Waals surface area contributed by atoms with Gasteiger partial charge in [-0.05, 0) is 56.2 Å². The number of imidazole rings is 1. The predicted octanol–water partition coefficient (Wildman–Crippen LogP) is 3.73. The molecule has 0 spiro atoms. The molecule has 48 heavy (non-hydrogen) atoms. The van der Waals surface area contributed by atoms with E-state index in [0.717, 1.165) is 22.6 Å². The second-order valence-corrected chi connectivity index (χ2v) is 11.6. The third-order valence-electron chi connectivity index (χ3n) is 7.77. The third-order valence-corrected chi connectivity index (χ3v) is 7.77. The Hall–Kier alpha value is -4.99. The van der Waals surface area contributed by atoms with Gasteiger partial charge in [0.05, 0.1) is 20.0 Å². The van der Waals surface area contributed by atoms with Crippen molar-refractivity contribution in [2.75, 3.05) is 32.2 Å². The van der Waals surface area contributed by atoms with Gasteiger partial charge in [-0.3, -0.25) is 9.36 Å². The summed E-state index contributed by atoms with van der Waals surface area (Å²) < 4.78 is 41.7. The lowest BCUT2D eigenvalue weighted by Crippen LogP contribution is -2.37. The number of ether oxygens (including phenoxy) is 7. The van der Waals surface area contributed by atoms with E-state index >= 15 is 0 Å². The number of anilines is 1. The standard InChI is InChI=1S/C33H38N6O9/c1-5-43-25(40)15-35-32(41)45-17-24-27-28(48-33(2,3)47-27)31(46-24)39-19-38-26-29(36-18-37-30(26)39)34-14-20-6-12-23(13-7-20)44-16-21-8-10-22(42-4)11-9-21/h6-13,18-19,24,27-28,31H,5,14-17H2,1-4H3,(H,35,41)(H,34,36,37)/t24-,27?,28+,31-/m1/s1. The molecule has 4 aromatic rings. The lowest BCUT2D eigenvalue weighted by molar-refractivity contribution is -0.199. The summed E-state index contributed by atoms with van der Waals surface area (Å²) in [7, 11) is 1.64. The topological polar surface area (TPSA) is 166 Å². The molecule has 2 aromatic heterocycles. The summed E-state index contributed by atoms with van der Waals surface area (Å²) in [5, 5.41) is 5.72. The molecule has 2 aliphatic heterocycles. The number of hydrogen-bond donors (Lipinski definition) is 2. The van der Waals surface area contributed by atoms with Crippen molar-refractivity contribution in [1.82, 2.24) is 24.8 Å². The van der Waals surface area contributed by atoms with Crippen molar-refractivity contribution in [2.45, 2.75) is 64.2 Å². The minimum absolute atomic E-state index is 0.133. The molecular formula is C33H38N6O9. The first kappa shape index (κ1) is 32.9. The van der Waals surface area contributed by atoms with Gasteiger partial charge in [0.25, 0.3) is 0 Å². The maximum absolute atomic E-state index is 12.2. The first-order valence-electron chi connectivity index (χ1n) is 15.6. The summed E-state index contributed by atoms with van der Waals surface area (Å²) in [6, 6.07) is 15.6. The van der Waals surface area contributed by atoms with Crippen LogP contribution in [0.1, 0.15) is 38.1 Å². The highest BCUT2D eigenvalue weighted by atomic mass is 16.8. The highest BCUT2D eigenvalue weighted by Gasteiger charge is 2.56. The summed E-state index contributed by atoms with van der Waals surface area (Å²) in [6.07, 6.45) is -0.118. The molecule has 1 unspecified atom stereocenters. The van der Waals surface area contributed by atoms with Crippen LogP contribution in [0.4, 0.5) is 10.6 Å². The number of aromatic nitrogens is 4. The van der Waals surface area contributed by atoms with Crippen molar-refractivity contribution >= 4 is 29.0 Å². The van der Waals surface area contributed by atoms with Gasteiger partial charge in [-0.1, -0.05) is 24.3 Å². The lowest BCUT2D eigenvalue weighted by Gasteiger charge is -2.24. The molecule has 0 bridgehead atoms. The number of esters is 1. The SMILES string of the molecule is CCOC(=O)CNC(=O)OC[C@H]1O[C@@H](n2cnc3c(NCc4ccc(OCc5ccc(OC)cc5)cc4)ncnc32)[C@H]2OC(C)(C)OC12. The number of amides is 1. The Balaban J connectivity index is 1.08. The first-order chi connectivity index (χ1) is 23.2. The molecule has 15 heteroatoms. The normalized spacial score (nSPS) is 21.0. The van der Waals surface area contributed by atoms with Gasteiger partial charge in [0.2, 0.25) is 0 Å². The molecule has 15 nitrogen and oxygen atoms in total. The van der Waals surface area contributed by atoms with Crippen LogP contribution in [-0.2, 0) is 41.6 Å². The number of nitrogens with one attached hydrogen (secondary N) is 2.